The van der Waals surface area contributed by atoms with Gasteiger partial charge in [-0.25, -0.2) is 0 Å². The molecule has 0 aromatic carbocycles. The summed E-state index contributed by atoms with van der Waals surface area (Å²) >= 11 is 6.34. The van der Waals surface area contributed by atoms with Crippen molar-refractivity contribution in [3.63, 3.8) is 0 Å². The fourth-order valence-electron chi connectivity index (χ4n) is 2.84. The van der Waals surface area contributed by atoms with Gasteiger partial charge in [0.2, 0.25) is 0 Å². The van der Waals surface area contributed by atoms with E-state index in [-0.39, 0.29) is 0 Å². The monoisotopic (exact) mass is 199 g/mol. The van der Waals surface area contributed by atoms with Crippen LogP contribution < -0.4 is 0 Å². The highest BCUT2D eigenvalue weighted by molar-refractivity contribution is 6.21. The maximum Gasteiger partial charge on any atom is 0.0476 e. The van der Waals surface area contributed by atoms with E-state index in [0.29, 0.717) is 23.3 Å². The molecule has 1 unspecified atom stereocenters. The molecule has 2 aliphatic carbocycles. The smallest absolute Gasteiger partial charge is 0.0476 e. The normalized spacial score (nSPS) is 42.2. The summed E-state index contributed by atoms with van der Waals surface area (Å²) in [4.78, 5) is 2.55. The summed E-state index contributed by atoms with van der Waals surface area (Å²) in [6.45, 7) is 6.79. The lowest BCUT2D eigenvalue weighted by Crippen LogP contribution is -2.38. The first-order valence-corrected chi connectivity index (χ1v) is 5.78. The molecule has 1 nitrogen and oxygen atoms in total. The Labute approximate surface area is 85.8 Å². The van der Waals surface area contributed by atoms with Crippen LogP contribution in [0, 0.1) is 11.8 Å². The van der Waals surface area contributed by atoms with Gasteiger partial charge < -0.3 is 4.90 Å². The highest BCUT2D eigenvalue weighted by Gasteiger charge is 2.45. The number of nitrogens with zero attached hydrogens (tertiary/aromatic N) is 1. The van der Waals surface area contributed by atoms with Crippen LogP contribution in [0.25, 0.3) is 0 Å². The van der Waals surface area contributed by atoms with Gasteiger partial charge in [0.25, 0.3) is 0 Å². The van der Waals surface area contributed by atoms with Crippen LogP contribution in [0.3, 0.4) is 0 Å². The second-order valence-corrected chi connectivity index (χ2v) is 4.60. The van der Waals surface area contributed by atoms with Crippen LogP contribution in [0.5, 0.6) is 0 Å². The van der Waals surface area contributed by atoms with Gasteiger partial charge in [0.15, 0.2) is 0 Å². The molecule has 0 spiro atoms. The highest BCUT2D eigenvalue weighted by atomic mass is 35.5. The van der Waals surface area contributed by atoms with Crippen molar-refractivity contribution in [3.8, 4) is 0 Å². The molecule has 0 N–H and O–H groups in total. The molecule has 2 bridgehead atoms. The average molecular weight is 200 g/mol. The van der Waals surface area contributed by atoms with Gasteiger partial charge in [-0.3, -0.25) is 0 Å². The van der Waals surface area contributed by atoms with Crippen molar-refractivity contribution in [2.24, 2.45) is 11.8 Å². The summed E-state index contributed by atoms with van der Waals surface area (Å²) < 4.78 is 0. The molecule has 0 heterocycles. The number of allylic oxidation sites excluding steroid dienone is 1. The van der Waals surface area contributed by atoms with E-state index >= 15 is 0 Å². The van der Waals surface area contributed by atoms with Gasteiger partial charge in [0.05, 0.1) is 0 Å². The Balaban J connectivity index is 2.07. The van der Waals surface area contributed by atoms with Crippen molar-refractivity contribution in [3.05, 3.63) is 12.2 Å². The maximum absolute atomic E-state index is 6.34. The third-order valence-corrected chi connectivity index (χ3v) is 4.21. The number of halogens is 1. The fraction of sp³-hybridized carbons (Fsp3) is 0.818. The van der Waals surface area contributed by atoms with E-state index in [1.807, 2.05) is 0 Å². The predicted octanol–water partition coefficient (Wildman–Crippen LogP) is 2.51. The molecule has 13 heavy (non-hydrogen) atoms. The molecular weight excluding hydrogens is 182 g/mol. The summed E-state index contributed by atoms with van der Waals surface area (Å²) in [6, 6.07) is 0.715. The van der Waals surface area contributed by atoms with Gasteiger partial charge in [-0.15, -0.1) is 11.6 Å². The Morgan fingerprint density at radius 2 is 2.00 bits per heavy atom. The van der Waals surface area contributed by atoms with Crippen molar-refractivity contribution >= 4 is 11.6 Å². The van der Waals surface area contributed by atoms with Crippen LogP contribution in [0.2, 0.25) is 0 Å². The third kappa shape index (κ3) is 1.42. The predicted molar refractivity (Wildman–Crippen MR) is 57.1 cm³/mol. The van der Waals surface area contributed by atoms with Crippen LogP contribution in [-0.4, -0.2) is 29.4 Å². The van der Waals surface area contributed by atoms with Crippen molar-refractivity contribution in [2.75, 3.05) is 13.1 Å². The number of fused-ring (bicyclic) bond motifs is 2. The Morgan fingerprint density at radius 3 is 2.38 bits per heavy atom. The zero-order chi connectivity index (χ0) is 9.42. The lowest BCUT2D eigenvalue weighted by atomic mass is 10.00. The molecule has 1 saturated carbocycles. The van der Waals surface area contributed by atoms with Gasteiger partial charge in [0, 0.05) is 17.3 Å². The number of alkyl halides is 1. The van der Waals surface area contributed by atoms with E-state index < -0.39 is 0 Å². The van der Waals surface area contributed by atoms with Gasteiger partial charge in [-0.05, 0) is 25.4 Å². The highest BCUT2D eigenvalue weighted by Crippen LogP contribution is 2.44. The van der Waals surface area contributed by atoms with E-state index in [1.165, 1.54) is 6.42 Å². The molecule has 0 radical (unpaired) electrons. The molecule has 4 atom stereocenters. The van der Waals surface area contributed by atoms with Crippen LogP contribution in [0.1, 0.15) is 20.3 Å². The van der Waals surface area contributed by atoms with Gasteiger partial charge in [0.1, 0.15) is 0 Å². The minimum atomic E-state index is 0.380. The quantitative estimate of drug-likeness (QED) is 0.499. The van der Waals surface area contributed by atoms with Gasteiger partial charge in [-0.1, -0.05) is 26.0 Å². The number of rotatable bonds is 3. The fourth-order valence-corrected chi connectivity index (χ4v) is 3.28. The lowest BCUT2D eigenvalue weighted by molar-refractivity contribution is 0.191. The largest absolute Gasteiger partial charge is 0.300 e. The first-order chi connectivity index (χ1) is 6.27. The zero-order valence-electron chi connectivity index (χ0n) is 8.41. The van der Waals surface area contributed by atoms with Crippen molar-refractivity contribution < 1.29 is 0 Å². The third-order valence-electron chi connectivity index (χ3n) is 3.60. The summed E-state index contributed by atoms with van der Waals surface area (Å²) in [5.74, 6) is 1.27. The van der Waals surface area contributed by atoms with Gasteiger partial charge >= 0.3 is 0 Å². The first-order valence-electron chi connectivity index (χ1n) is 5.34. The SMILES string of the molecule is CCN(CC)[C@H]1C[C@@H]2C=C[C@H]1C2Cl. The maximum atomic E-state index is 6.34. The van der Waals surface area contributed by atoms with Gasteiger partial charge in [-0.2, -0.15) is 0 Å². The molecule has 0 amide bonds. The molecular formula is C11H18ClN. The minimum absolute atomic E-state index is 0.380. The zero-order valence-corrected chi connectivity index (χ0v) is 9.17. The molecule has 74 valence electrons. The van der Waals surface area contributed by atoms with Crippen LogP contribution in [-0.2, 0) is 0 Å². The van der Waals surface area contributed by atoms with Crippen LogP contribution >= 0.6 is 11.6 Å². The molecule has 2 heteroatoms. The first kappa shape index (κ1) is 9.54. The Bertz CT molecular complexity index is 210. The lowest BCUT2D eigenvalue weighted by Gasteiger charge is -2.30. The molecule has 0 aromatic heterocycles. The molecule has 1 fully saturated rings. The standard InChI is InChI=1S/C11H18ClN/c1-3-13(4-2)10-7-8-5-6-9(10)11(8)12/h5-6,8-11H,3-4,7H2,1-2H3/t8-,9+,10-,11?/m0/s1. The molecule has 0 aliphatic heterocycles. The van der Waals surface area contributed by atoms with E-state index in [9.17, 15) is 0 Å². The number of hydrogen-bond donors (Lipinski definition) is 0. The Hall–Kier alpha value is -0.0100. The molecule has 0 saturated heterocycles. The summed E-state index contributed by atoms with van der Waals surface area (Å²) in [5, 5.41) is 0.380. The second kappa shape index (κ2) is 3.62. The second-order valence-electron chi connectivity index (χ2n) is 4.09. The Kier molecular flexibility index (Phi) is 2.66. The summed E-state index contributed by atoms with van der Waals surface area (Å²) in [5.41, 5.74) is 0. The van der Waals surface area contributed by atoms with E-state index in [1.54, 1.807) is 0 Å². The number of hydrogen-bond acceptors (Lipinski definition) is 1. The van der Waals surface area contributed by atoms with Crippen molar-refractivity contribution in [1.82, 2.24) is 4.90 Å². The van der Waals surface area contributed by atoms with Crippen LogP contribution in [0.15, 0.2) is 12.2 Å². The van der Waals surface area contributed by atoms with Crippen molar-refractivity contribution in [2.45, 2.75) is 31.7 Å². The van der Waals surface area contributed by atoms with E-state index in [2.05, 4.69) is 30.9 Å². The molecule has 0 aromatic rings. The summed E-state index contributed by atoms with van der Waals surface area (Å²) in [6.07, 6.45) is 5.91. The molecule has 2 aliphatic rings. The topological polar surface area (TPSA) is 3.24 Å². The van der Waals surface area contributed by atoms with E-state index in [0.717, 1.165) is 13.1 Å². The minimum Gasteiger partial charge on any atom is -0.300 e. The average Bonchev–Trinajstić information content (AvgIpc) is 2.64. The van der Waals surface area contributed by atoms with Crippen molar-refractivity contribution in [1.29, 1.82) is 0 Å². The Morgan fingerprint density at radius 1 is 1.31 bits per heavy atom. The van der Waals surface area contributed by atoms with E-state index in [4.69, 9.17) is 11.6 Å². The summed E-state index contributed by atoms with van der Waals surface area (Å²) in [7, 11) is 0. The van der Waals surface area contributed by atoms with Crippen LogP contribution in [0.4, 0.5) is 0 Å². The molecule has 2 rings (SSSR count).